The lowest BCUT2D eigenvalue weighted by Crippen LogP contribution is -2.16. The van der Waals surface area contributed by atoms with E-state index in [4.69, 9.17) is 11.6 Å². The van der Waals surface area contributed by atoms with Crippen LogP contribution in [0.15, 0.2) is 46.0 Å². The Kier molecular flexibility index (Phi) is 5.21. The van der Waals surface area contributed by atoms with Crippen LogP contribution in [0, 0.1) is 10.1 Å². The van der Waals surface area contributed by atoms with E-state index in [-0.39, 0.29) is 10.4 Å². The molecule has 1 aromatic heterocycles. The van der Waals surface area contributed by atoms with Gasteiger partial charge in [0, 0.05) is 20.6 Å². The molecule has 0 aliphatic rings. The molecule has 0 aliphatic heterocycles. The molecule has 0 aliphatic carbocycles. The van der Waals surface area contributed by atoms with Gasteiger partial charge in [-0.2, -0.15) is 5.10 Å². The first-order valence-electron chi connectivity index (χ1n) is 7.04. The number of nitro groups is 1. The number of nitrogens with zero attached hydrogens (tertiary/aromatic N) is 2. The number of halogens is 2. The Morgan fingerprint density at radius 2 is 2.08 bits per heavy atom. The van der Waals surface area contributed by atoms with E-state index in [0.29, 0.717) is 9.50 Å². The van der Waals surface area contributed by atoms with Crippen molar-refractivity contribution in [3.8, 4) is 5.75 Å². The highest BCUT2D eigenvalue weighted by Crippen LogP contribution is 2.35. The Bertz CT molecular complexity index is 1070. The number of hydrogen-bond acceptors (Lipinski definition) is 6. The Hall–Kier alpha value is -2.49. The quantitative estimate of drug-likeness (QED) is 0.365. The number of hydrogen-bond donors (Lipinski definition) is 1. The van der Waals surface area contributed by atoms with Crippen LogP contribution in [-0.4, -0.2) is 17.0 Å². The topological polar surface area (TPSA) is 108 Å². The second-order valence-electron chi connectivity index (χ2n) is 5.04. The van der Waals surface area contributed by atoms with Crippen molar-refractivity contribution >= 4 is 66.8 Å². The predicted octanol–water partition coefficient (Wildman–Crippen LogP) is 4.06. The molecule has 26 heavy (non-hydrogen) atoms. The minimum Gasteiger partial charge on any atom is -0.867 e. The van der Waals surface area contributed by atoms with E-state index >= 15 is 0 Å². The molecule has 0 saturated heterocycles. The summed E-state index contributed by atoms with van der Waals surface area (Å²) in [7, 11) is 0. The first-order chi connectivity index (χ1) is 12.4. The number of fused-ring (bicyclic) bond motifs is 1. The molecule has 3 rings (SSSR count). The summed E-state index contributed by atoms with van der Waals surface area (Å²) in [5.41, 5.74) is 1.66. The molecule has 0 unspecified atom stereocenters. The van der Waals surface area contributed by atoms with Crippen LogP contribution in [0.25, 0.3) is 10.1 Å². The lowest BCUT2D eigenvalue weighted by molar-refractivity contribution is -0.398. The zero-order valence-corrected chi connectivity index (χ0v) is 15.9. The maximum Gasteiger partial charge on any atom is 0.283 e. The summed E-state index contributed by atoms with van der Waals surface area (Å²) in [5, 5.41) is 27.7. The smallest absolute Gasteiger partial charge is 0.283 e. The third kappa shape index (κ3) is 3.55. The van der Waals surface area contributed by atoms with Gasteiger partial charge in [-0.25, -0.2) is 5.43 Å². The van der Waals surface area contributed by atoms with Crippen molar-refractivity contribution in [3.05, 3.63) is 66.4 Å². The molecule has 10 heteroatoms. The molecule has 0 spiro atoms. The highest BCUT2D eigenvalue weighted by molar-refractivity contribution is 9.10. The number of amides is 1. The summed E-state index contributed by atoms with van der Waals surface area (Å²) in [6.45, 7) is 0. The summed E-state index contributed by atoms with van der Waals surface area (Å²) in [5.74, 6) is -1.33. The maximum absolute atomic E-state index is 12.3. The number of nitrogens with one attached hydrogen (secondary N) is 1. The van der Waals surface area contributed by atoms with E-state index < -0.39 is 22.3 Å². The summed E-state index contributed by atoms with van der Waals surface area (Å²) in [6, 6.07) is 9.78. The summed E-state index contributed by atoms with van der Waals surface area (Å²) in [4.78, 5) is 22.6. The maximum atomic E-state index is 12.3. The highest BCUT2D eigenvalue weighted by Gasteiger charge is 2.16. The number of hydrazone groups is 1. The molecule has 0 saturated carbocycles. The summed E-state index contributed by atoms with van der Waals surface area (Å²) >= 11 is 10.5. The van der Waals surface area contributed by atoms with Gasteiger partial charge in [-0.1, -0.05) is 45.7 Å². The Balaban J connectivity index is 1.83. The Labute approximate surface area is 164 Å². The van der Waals surface area contributed by atoms with E-state index in [1.165, 1.54) is 17.4 Å². The van der Waals surface area contributed by atoms with Gasteiger partial charge in [-0.05, 0) is 23.4 Å². The number of benzene rings is 2. The lowest BCUT2D eigenvalue weighted by Gasteiger charge is -2.10. The number of carbonyl (C=O) groups excluding carboxylic acids is 1. The standard InChI is InChI=1S/C16H9BrClN3O4S/c17-9-5-8(14(22)11(6-9)21(24)25)7-19-20-16(23)15-13(18)10-3-1-2-4-12(10)26-15/h1-7,22H,(H,20,23)/p-1/b19-7-. The van der Waals surface area contributed by atoms with Crippen LogP contribution in [-0.2, 0) is 0 Å². The lowest BCUT2D eigenvalue weighted by atomic mass is 10.2. The third-order valence-corrected chi connectivity index (χ3v) is 5.50. The van der Waals surface area contributed by atoms with Crippen LogP contribution in [0.5, 0.6) is 5.75 Å². The Morgan fingerprint density at radius 1 is 1.35 bits per heavy atom. The SMILES string of the molecule is O=C(N/N=C\c1cc(Br)cc([N+](=O)[O-])c1[O-])c1sc2ccccc2c1Cl. The van der Waals surface area contributed by atoms with Crippen LogP contribution in [0.2, 0.25) is 5.02 Å². The van der Waals surface area contributed by atoms with Gasteiger partial charge in [-0.15, -0.1) is 11.3 Å². The molecule has 7 nitrogen and oxygen atoms in total. The minimum atomic E-state index is -0.795. The van der Waals surface area contributed by atoms with Crippen LogP contribution < -0.4 is 10.5 Å². The van der Waals surface area contributed by atoms with Crippen molar-refractivity contribution in [1.29, 1.82) is 0 Å². The van der Waals surface area contributed by atoms with E-state index in [9.17, 15) is 20.0 Å². The summed E-state index contributed by atoms with van der Waals surface area (Å²) < 4.78 is 1.21. The van der Waals surface area contributed by atoms with Gasteiger partial charge in [0.05, 0.1) is 16.2 Å². The fourth-order valence-corrected chi connectivity index (χ4v) is 4.07. The number of thiophene rings is 1. The van der Waals surface area contributed by atoms with Crippen molar-refractivity contribution in [3.63, 3.8) is 0 Å². The fourth-order valence-electron chi connectivity index (χ4n) is 2.20. The van der Waals surface area contributed by atoms with Crippen LogP contribution >= 0.6 is 38.9 Å². The van der Waals surface area contributed by atoms with Gasteiger partial charge < -0.3 is 5.11 Å². The number of rotatable bonds is 4. The van der Waals surface area contributed by atoms with Crippen molar-refractivity contribution < 1.29 is 14.8 Å². The summed E-state index contributed by atoms with van der Waals surface area (Å²) in [6.07, 6.45) is 1.05. The molecule has 1 amide bonds. The van der Waals surface area contributed by atoms with Crippen LogP contribution in [0.1, 0.15) is 15.2 Å². The van der Waals surface area contributed by atoms with E-state index in [0.717, 1.165) is 22.4 Å². The van der Waals surface area contributed by atoms with Gasteiger partial charge in [0.15, 0.2) is 0 Å². The molecule has 1 N–H and O–H groups in total. The van der Waals surface area contributed by atoms with Crippen LogP contribution in [0.4, 0.5) is 5.69 Å². The molecule has 2 aromatic carbocycles. The fraction of sp³-hybridized carbons (Fsp3) is 0. The zero-order chi connectivity index (χ0) is 18.8. The van der Waals surface area contributed by atoms with Gasteiger partial charge in [0.2, 0.25) is 0 Å². The molecule has 0 atom stereocenters. The minimum absolute atomic E-state index is 0.0335. The second kappa shape index (κ2) is 7.40. The largest absolute Gasteiger partial charge is 0.867 e. The van der Waals surface area contributed by atoms with E-state index in [1.54, 1.807) is 6.07 Å². The van der Waals surface area contributed by atoms with Crippen molar-refractivity contribution in [2.45, 2.75) is 0 Å². The molecule has 0 fully saturated rings. The monoisotopic (exact) mass is 452 g/mol. The molecule has 0 bridgehead atoms. The van der Waals surface area contributed by atoms with Crippen molar-refractivity contribution in [1.82, 2.24) is 5.43 Å². The van der Waals surface area contributed by atoms with E-state index in [1.807, 2.05) is 18.2 Å². The predicted molar refractivity (Wildman–Crippen MR) is 102 cm³/mol. The van der Waals surface area contributed by atoms with E-state index in [2.05, 4.69) is 26.5 Å². The molecule has 3 aromatic rings. The normalized spacial score (nSPS) is 11.2. The number of carbonyl (C=O) groups is 1. The van der Waals surface area contributed by atoms with Gasteiger partial charge in [0.25, 0.3) is 11.6 Å². The molecule has 132 valence electrons. The van der Waals surface area contributed by atoms with Gasteiger partial charge >= 0.3 is 0 Å². The van der Waals surface area contributed by atoms with Gasteiger partial charge in [-0.3, -0.25) is 14.9 Å². The van der Waals surface area contributed by atoms with Crippen molar-refractivity contribution in [2.75, 3.05) is 0 Å². The molecule has 0 radical (unpaired) electrons. The van der Waals surface area contributed by atoms with Gasteiger partial charge in [0.1, 0.15) is 4.88 Å². The first kappa shape index (κ1) is 18.3. The first-order valence-corrected chi connectivity index (χ1v) is 9.02. The zero-order valence-electron chi connectivity index (χ0n) is 12.7. The molecular formula is C16H8BrClN3O4S-. The third-order valence-electron chi connectivity index (χ3n) is 3.37. The molecule has 1 heterocycles. The Morgan fingerprint density at radius 3 is 2.77 bits per heavy atom. The van der Waals surface area contributed by atoms with Crippen molar-refractivity contribution in [2.24, 2.45) is 5.10 Å². The molecular weight excluding hydrogens is 446 g/mol. The second-order valence-corrected chi connectivity index (χ2v) is 7.39. The highest BCUT2D eigenvalue weighted by atomic mass is 79.9. The van der Waals surface area contributed by atoms with Crippen LogP contribution in [0.3, 0.4) is 0 Å². The average molecular weight is 454 g/mol. The average Bonchev–Trinajstić information content (AvgIpc) is 2.94. The number of nitro benzene ring substituents is 1.